The number of phenols is 1. The first-order valence-electron chi connectivity index (χ1n) is 7.29. The molecule has 1 unspecified atom stereocenters. The zero-order chi connectivity index (χ0) is 15.0. The molecular formula is C18H19NO2. The van der Waals surface area contributed by atoms with Crippen LogP contribution in [0.3, 0.4) is 0 Å². The van der Waals surface area contributed by atoms with Crippen molar-refractivity contribution in [2.45, 2.75) is 32.7 Å². The maximum atomic E-state index is 12.9. The van der Waals surface area contributed by atoms with Gasteiger partial charge in [-0.3, -0.25) is 4.79 Å². The van der Waals surface area contributed by atoms with Gasteiger partial charge in [0.1, 0.15) is 5.75 Å². The lowest BCUT2D eigenvalue weighted by molar-refractivity contribution is 0.0972. The molecule has 3 nitrogen and oxygen atoms in total. The van der Waals surface area contributed by atoms with Gasteiger partial charge < -0.3 is 10.0 Å². The second-order valence-corrected chi connectivity index (χ2v) is 5.71. The molecule has 2 aromatic carbocycles. The molecule has 0 spiro atoms. The molecule has 3 heteroatoms. The first-order valence-corrected chi connectivity index (χ1v) is 7.29. The number of carbonyl (C=O) groups is 1. The summed E-state index contributed by atoms with van der Waals surface area (Å²) in [6, 6.07) is 13.3. The zero-order valence-corrected chi connectivity index (χ0v) is 12.3. The summed E-state index contributed by atoms with van der Waals surface area (Å²) in [7, 11) is 0. The first kappa shape index (κ1) is 13.7. The number of fused-ring (bicyclic) bond motifs is 1. The van der Waals surface area contributed by atoms with Gasteiger partial charge in [-0.15, -0.1) is 0 Å². The average molecular weight is 281 g/mol. The molecule has 1 aliphatic rings. The van der Waals surface area contributed by atoms with Crippen LogP contribution in [-0.4, -0.2) is 17.1 Å². The van der Waals surface area contributed by atoms with Crippen LogP contribution in [0.15, 0.2) is 42.5 Å². The summed E-state index contributed by atoms with van der Waals surface area (Å²) >= 11 is 0. The maximum absolute atomic E-state index is 12.9. The van der Waals surface area contributed by atoms with Crippen LogP contribution >= 0.6 is 0 Å². The predicted molar refractivity (Wildman–Crippen MR) is 83.9 cm³/mol. The van der Waals surface area contributed by atoms with Gasteiger partial charge in [0.25, 0.3) is 5.91 Å². The lowest BCUT2D eigenvalue weighted by Crippen LogP contribution is -2.42. The molecule has 3 rings (SSSR count). The van der Waals surface area contributed by atoms with E-state index in [2.05, 4.69) is 13.0 Å². The smallest absolute Gasteiger partial charge is 0.262 e. The summed E-state index contributed by atoms with van der Waals surface area (Å²) in [6.45, 7) is 3.95. The van der Waals surface area contributed by atoms with E-state index >= 15 is 0 Å². The molecule has 0 fully saturated rings. The molecule has 0 aromatic heterocycles. The fraction of sp³-hybridized carbons (Fsp3) is 0.278. The van der Waals surface area contributed by atoms with Crippen LogP contribution in [0.4, 0.5) is 5.69 Å². The molecule has 0 saturated carbocycles. The number of anilines is 1. The fourth-order valence-corrected chi connectivity index (χ4v) is 2.95. The minimum absolute atomic E-state index is 0.0512. The van der Waals surface area contributed by atoms with Gasteiger partial charge >= 0.3 is 0 Å². The summed E-state index contributed by atoms with van der Waals surface area (Å²) in [5.74, 6) is -0.0811. The van der Waals surface area contributed by atoms with Gasteiger partial charge in [-0.05, 0) is 56.0 Å². The Morgan fingerprint density at radius 3 is 2.76 bits per heavy atom. The molecule has 21 heavy (non-hydrogen) atoms. The third kappa shape index (κ3) is 2.40. The number of nitrogens with zero attached hydrogens (tertiary/aromatic N) is 1. The standard InChI is InChI=1S/C18H19NO2/c1-12-7-10-15(17(20)11-12)18(21)19-13(2)8-9-14-5-3-4-6-16(14)19/h3-7,10-11,13,20H,8-9H2,1-2H3. The molecule has 1 aliphatic heterocycles. The molecule has 0 saturated heterocycles. The van der Waals surface area contributed by atoms with Crippen molar-refractivity contribution >= 4 is 11.6 Å². The van der Waals surface area contributed by atoms with E-state index in [0.717, 1.165) is 24.1 Å². The second kappa shape index (κ2) is 5.24. The van der Waals surface area contributed by atoms with Crippen LogP contribution in [0.1, 0.15) is 34.8 Å². The number of benzene rings is 2. The number of amides is 1. The molecule has 0 aliphatic carbocycles. The second-order valence-electron chi connectivity index (χ2n) is 5.71. The number of hydrogen-bond donors (Lipinski definition) is 1. The van der Waals surface area contributed by atoms with E-state index in [1.54, 1.807) is 12.1 Å². The summed E-state index contributed by atoms with van der Waals surface area (Å²) in [6.07, 6.45) is 1.93. The number of carbonyl (C=O) groups excluding carboxylic acids is 1. The maximum Gasteiger partial charge on any atom is 0.262 e. The van der Waals surface area contributed by atoms with Crippen LogP contribution in [-0.2, 0) is 6.42 Å². The van der Waals surface area contributed by atoms with Crippen LogP contribution in [0.5, 0.6) is 5.75 Å². The Morgan fingerprint density at radius 1 is 1.24 bits per heavy atom. The Hall–Kier alpha value is -2.29. The van der Waals surface area contributed by atoms with Gasteiger partial charge in [0.05, 0.1) is 5.56 Å². The van der Waals surface area contributed by atoms with Crippen molar-refractivity contribution in [3.05, 3.63) is 59.2 Å². The van der Waals surface area contributed by atoms with Crippen molar-refractivity contribution in [3.63, 3.8) is 0 Å². The SMILES string of the molecule is Cc1ccc(C(=O)N2c3ccccc3CCC2C)c(O)c1. The number of hydrogen-bond acceptors (Lipinski definition) is 2. The van der Waals surface area contributed by atoms with Gasteiger partial charge in [-0.1, -0.05) is 24.3 Å². The molecule has 0 bridgehead atoms. The minimum atomic E-state index is -0.132. The molecule has 108 valence electrons. The van der Waals surface area contributed by atoms with Crippen molar-refractivity contribution < 1.29 is 9.90 Å². The topological polar surface area (TPSA) is 40.5 Å². The van der Waals surface area contributed by atoms with Crippen LogP contribution in [0, 0.1) is 6.92 Å². The van der Waals surface area contributed by atoms with Gasteiger partial charge in [-0.25, -0.2) is 0 Å². The van der Waals surface area contributed by atoms with E-state index in [4.69, 9.17) is 0 Å². The average Bonchev–Trinajstić information content (AvgIpc) is 2.46. The van der Waals surface area contributed by atoms with Crippen molar-refractivity contribution in [1.82, 2.24) is 0 Å². The van der Waals surface area contributed by atoms with Crippen molar-refractivity contribution in [3.8, 4) is 5.75 Å². The Kier molecular flexibility index (Phi) is 3.42. The molecule has 1 heterocycles. The van der Waals surface area contributed by atoms with Crippen molar-refractivity contribution in [2.24, 2.45) is 0 Å². The van der Waals surface area contributed by atoms with Gasteiger partial charge in [0.2, 0.25) is 0 Å². The number of aromatic hydroxyl groups is 1. The molecule has 1 N–H and O–H groups in total. The lowest BCUT2D eigenvalue weighted by Gasteiger charge is -2.35. The summed E-state index contributed by atoms with van der Waals surface area (Å²) in [5.41, 5.74) is 3.46. The molecule has 1 amide bonds. The highest BCUT2D eigenvalue weighted by Crippen LogP contribution is 2.33. The monoisotopic (exact) mass is 281 g/mol. The zero-order valence-electron chi connectivity index (χ0n) is 12.3. The van der Waals surface area contributed by atoms with E-state index in [0.29, 0.717) is 5.56 Å². The lowest BCUT2D eigenvalue weighted by atomic mass is 9.95. The van der Waals surface area contributed by atoms with E-state index in [-0.39, 0.29) is 17.7 Å². The van der Waals surface area contributed by atoms with Crippen LogP contribution < -0.4 is 4.90 Å². The Morgan fingerprint density at radius 2 is 2.00 bits per heavy atom. The van der Waals surface area contributed by atoms with Gasteiger partial charge in [-0.2, -0.15) is 0 Å². The van der Waals surface area contributed by atoms with Crippen LogP contribution in [0.25, 0.3) is 0 Å². The Balaban J connectivity index is 2.05. The Bertz CT molecular complexity index is 693. The largest absolute Gasteiger partial charge is 0.507 e. The van der Waals surface area contributed by atoms with E-state index in [1.807, 2.05) is 36.1 Å². The summed E-state index contributed by atoms with van der Waals surface area (Å²) < 4.78 is 0. The highest BCUT2D eigenvalue weighted by atomic mass is 16.3. The summed E-state index contributed by atoms with van der Waals surface area (Å²) in [4.78, 5) is 14.7. The molecular weight excluding hydrogens is 262 g/mol. The third-order valence-electron chi connectivity index (χ3n) is 4.13. The molecule has 1 atom stereocenters. The highest BCUT2D eigenvalue weighted by molar-refractivity contribution is 6.08. The molecule has 0 radical (unpaired) electrons. The van der Waals surface area contributed by atoms with Crippen molar-refractivity contribution in [1.29, 1.82) is 0 Å². The minimum Gasteiger partial charge on any atom is -0.507 e. The molecule has 2 aromatic rings. The summed E-state index contributed by atoms with van der Waals surface area (Å²) in [5, 5.41) is 10.1. The fourth-order valence-electron chi connectivity index (χ4n) is 2.95. The Labute approximate surface area is 124 Å². The number of aryl methyl sites for hydroxylation is 2. The van der Waals surface area contributed by atoms with E-state index in [1.165, 1.54) is 5.56 Å². The van der Waals surface area contributed by atoms with Crippen LogP contribution in [0.2, 0.25) is 0 Å². The quantitative estimate of drug-likeness (QED) is 0.866. The van der Waals surface area contributed by atoms with E-state index in [9.17, 15) is 9.90 Å². The normalized spacial score (nSPS) is 17.4. The van der Waals surface area contributed by atoms with E-state index < -0.39 is 0 Å². The number of rotatable bonds is 1. The van der Waals surface area contributed by atoms with Gasteiger partial charge in [0, 0.05) is 11.7 Å². The predicted octanol–water partition coefficient (Wildman–Crippen LogP) is 3.68. The number of phenolic OH excluding ortho intramolecular Hbond substituents is 1. The van der Waals surface area contributed by atoms with Crippen molar-refractivity contribution in [2.75, 3.05) is 4.90 Å². The third-order valence-corrected chi connectivity index (χ3v) is 4.13. The van der Waals surface area contributed by atoms with Gasteiger partial charge in [0.15, 0.2) is 0 Å². The number of para-hydroxylation sites is 1. The first-order chi connectivity index (χ1) is 10.1. The highest BCUT2D eigenvalue weighted by Gasteiger charge is 2.29.